The maximum Gasteiger partial charge on any atom is 0.109 e. The minimum atomic E-state index is -0.501. The maximum absolute atomic E-state index is 10.6. The summed E-state index contributed by atoms with van der Waals surface area (Å²) < 4.78 is 5.83. The third kappa shape index (κ3) is 3.17. The van der Waals surface area contributed by atoms with Gasteiger partial charge < -0.3 is 9.84 Å². The summed E-state index contributed by atoms with van der Waals surface area (Å²) in [5.41, 5.74) is 4.93. The molecular formula is C19H22O2. The van der Waals surface area contributed by atoms with E-state index >= 15 is 0 Å². The van der Waals surface area contributed by atoms with Crippen molar-refractivity contribution in [3.63, 3.8) is 0 Å². The fourth-order valence-electron chi connectivity index (χ4n) is 3.00. The molecule has 0 saturated carbocycles. The molecule has 2 atom stereocenters. The molecule has 0 amide bonds. The molecule has 3 rings (SSSR count). The second kappa shape index (κ2) is 6.42. The Kier molecular flexibility index (Phi) is 4.37. The summed E-state index contributed by atoms with van der Waals surface area (Å²) >= 11 is 0. The normalized spacial score (nSPS) is 19.0. The van der Waals surface area contributed by atoms with Gasteiger partial charge in [0, 0.05) is 6.42 Å². The third-order valence-electron chi connectivity index (χ3n) is 4.26. The molecule has 1 N–H and O–H groups in total. The van der Waals surface area contributed by atoms with E-state index in [1.807, 2.05) is 6.07 Å². The van der Waals surface area contributed by atoms with Crippen molar-refractivity contribution in [2.75, 3.05) is 6.61 Å². The Balaban J connectivity index is 1.75. The zero-order valence-electron chi connectivity index (χ0n) is 12.5. The van der Waals surface area contributed by atoms with Crippen LogP contribution in [0.2, 0.25) is 0 Å². The lowest BCUT2D eigenvalue weighted by atomic mass is 9.91. The van der Waals surface area contributed by atoms with Gasteiger partial charge in [0.2, 0.25) is 0 Å². The molecular weight excluding hydrogens is 260 g/mol. The van der Waals surface area contributed by atoms with Gasteiger partial charge in [0.05, 0.1) is 12.7 Å². The van der Waals surface area contributed by atoms with E-state index in [0.29, 0.717) is 13.0 Å². The molecule has 0 bridgehead atoms. The van der Waals surface area contributed by atoms with Crippen LogP contribution in [0.25, 0.3) is 0 Å². The molecule has 110 valence electrons. The van der Waals surface area contributed by atoms with E-state index in [1.165, 1.54) is 11.1 Å². The van der Waals surface area contributed by atoms with Crippen LogP contribution in [0, 0.1) is 0 Å². The number of rotatable bonds is 4. The summed E-state index contributed by atoms with van der Waals surface area (Å²) in [4.78, 5) is 0. The Morgan fingerprint density at radius 1 is 1.10 bits per heavy atom. The van der Waals surface area contributed by atoms with Crippen molar-refractivity contribution >= 4 is 0 Å². The predicted molar refractivity (Wildman–Crippen MR) is 84.4 cm³/mol. The fourth-order valence-corrected chi connectivity index (χ4v) is 3.00. The number of ether oxygens (including phenoxy) is 1. The average molecular weight is 282 g/mol. The number of fused-ring (bicyclic) bond motifs is 1. The van der Waals surface area contributed by atoms with Gasteiger partial charge in [-0.15, -0.1) is 0 Å². The minimum Gasteiger partial charge on any atom is -0.390 e. The van der Waals surface area contributed by atoms with Gasteiger partial charge in [-0.3, -0.25) is 0 Å². The zero-order valence-corrected chi connectivity index (χ0v) is 12.5. The first-order chi connectivity index (χ1) is 10.3. The summed E-state index contributed by atoms with van der Waals surface area (Å²) in [6, 6.07) is 16.8. The quantitative estimate of drug-likeness (QED) is 0.930. The van der Waals surface area contributed by atoms with Crippen molar-refractivity contribution < 1.29 is 9.84 Å². The Morgan fingerprint density at radius 2 is 1.81 bits per heavy atom. The number of hydrogen-bond acceptors (Lipinski definition) is 2. The van der Waals surface area contributed by atoms with E-state index in [2.05, 4.69) is 49.4 Å². The number of benzene rings is 2. The molecule has 1 aliphatic rings. The molecule has 2 aromatic carbocycles. The first kappa shape index (κ1) is 14.3. The van der Waals surface area contributed by atoms with Gasteiger partial charge in [0.25, 0.3) is 0 Å². The van der Waals surface area contributed by atoms with Crippen molar-refractivity contribution in [1.29, 1.82) is 0 Å². The molecule has 0 fully saturated rings. The molecule has 1 heterocycles. The maximum atomic E-state index is 10.6. The lowest BCUT2D eigenvalue weighted by Crippen LogP contribution is -2.28. The molecule has 0 radical (unpaired) electrons. The molecule has 0 aliphatic carbocycles. The van der Waals surface area contributed by atoms with Gasteiger partial charge in [0.15, 0.2) is 0 Å². The summed E-state index contributed by atoms with van der Waals surface area (Å²) in [6.07, 6.45) is 1.90. The summed E-state index contributed by atoms with van der Waals surface area (Å²) in [6.45, 7) is 2.84. The van der Waals surface area contributed by atoms with Crippen LogP contribution in [0.3, 0.4) is 0 Å². The Morgan fingerprint density at radius 3 is 2.57 bits per heavy atom. The van der Waals surface area contributed by atoms with E-state index in [0.717, 1.165) is 24.0 Å². The van der Waals surface area contributed by atoms with Crippen molar-refractivity contribution in [1.82, 2.24) is 0 Å². The van der Waals surface area contributed by atoms with Crippen molar-refractivity contribution in [3.8, 4) is 0 Å². The Labute approximate surface area is 126 Å². The van der Waals surface area contributed by atoms with Crippen LogP contribution < -0.4 is 0 Å². The molecule has 2 heteroatoms. The average Bonchev–Trinajstić information content (AvgIpc) is 2.55. The molecule has 0 aromatic heterocycles. The molecule has 2 aromatic rings. The van der Waals surface area contributed by atoms with Crippen molar-refractivity contribution in [2.45, 2.75) is 38.4 Å². The number of hydrogen-bond donors (Lipinski definition) is 1. The highest BCUT2D eigenvalue weighted by Gasteiger charge is 2.27. The van der Waals surface area contributed by atoms with Crippen LogP contribution in [-0.4, -0.2) is 17.8 Å². The molecule has 2 nitrogen and oxygen atoms in total. The van der Waals surface area contributed by atoms with Crippen LogP contribution in [0.1, 0.15) is 35.3 Å². The Bertz CT molecular complexity index is 589. The minimum absolute atomic E-state index is 0.208. The van der Waals surface area contributed by atoms with E-state index in [-0.39, 0.29) is 6.10 Å². The highest BCUT2D eigenvalue weighted by Crippen LogP contribution is 2.30. The summed E-state index contributed by atoms with van der Waals surface area (Å²) in [7, 11) is 0. The van der Waals surface area contributed by atoms with Crippen LogP contribution in [0.5, 0.6) is 0 Å². The van der Waals surface area contributed by atoms with E-state index < -0.39 is 6.10 Å². The monoisotopic (exact) mass is 282 g/mol. The van der Waals surface area contributed by atoms with Gasteiger partial charge >= 0.3 is 0 Å². The Hall–Kier alpha value is -1.64. The first-order valence-corrected chi connectivity index (χ1v) is 7.73. The summed E-state index contributed by atoms with van der Waals surface area (Å²) in [5, 5.41) is 10.6. The topological polar surface area (TPSA) is 29.5 Å². The molecule has 0 spiro atoms. The lowest BCUT2D eigenvalue weighted by Gasteiger charge is -2.29. The highest BCUT2D eigenvalue weighted by molar-refractivity contribution is 5.32. The SMILES string of the molecule is CCc1ccc(CC(O)C2OCCc3ccccc32)cc1. The van der Waals surface area contributed by atoms with E-state index in [4.69, 9.17) is 4.74 Å². The number of aliphatic hydroxyl groups is 1. The molecule has 2 unspecified atom stereocenters. The van der Waals surface area contributed by atoms with E-state index in [1.54, 1.807) is 0 Å². The largest absolute Gasteiger partial charge is 0.390 e. The van der Waals surface area contributed by atoms with Gasteiger partial charge in [-0.2, -0.15) is 0 Å². The van der Waals surface area contributed by atoms with Crippen LogP contribution >= 0.6 is 0 Å². The predicted octanol–water partition coefficient (Wildman–Crippen LogP) is 3.47. The van der Waals surface area contributed by atoms with Crippen molar-refractivity contribution in [3.05, 3.63) is 70.8 Å². The van der Waals surface area contributed by atoms with Crippen molar-refractivity contribution in [2.24, 2.45) is 0 Å². The fraction of sp³-hybridized carbons (Fsp3) is 0.368. The smallest absolute Gasteiger partial charge is 0.109 e. The standard InChI is InChI=1S/C19H22O2/c1-2-14-7-9-15(10-8-14)13-18(20)19-17-6-4-3-5-16(17)11-12-21-19/h3-10,18-20H,2,11-13H2,1H3. The van der Waals surface area contributed by atoms with Gasteiger partial charge in [-0.05, 0) is 35.1 Å². The summed E-state index contributed by atoms with van der Waals surface area (Å²) in [5.74, 6) is 0. The van der Waals surface area contributed by atoms with E-state index in [9.17, 15) is 5.11 Å². The number of aliphatic hydroxyl groups excluding tert-OH is 1. The highest BCUT2D eigenvalue weighted by atomic mass is 16.5. The number of aryl methyl sites for hydroxylation is 1. The lowest BCUT2D eigenvalue weighted by molar-refractivity contribution is -0.0460. The zero-order chi connectivity index (χ0) is 14.7. The van der Waals surface area contributed by atoms with Crippen LogP contribution in [0.4, 0.5) is 0 Å². The van der Waals surface area contributed by atoms with Gasteiger partial charge in [0.1, 0.15) is 6.10 Å². The second-order valence-electron chi connectivity index (χ2n) is 5.68. The second-order valence-corrected chi connectivity index (χ2v) is 5.68. The molecule has 0 saturated heterocycles. The van der Waals surface area contributed by atoms with Gasteiger partial charge in [-0.1, -0.05) is 55.5 Å². The first-order valence-electron chi connectivity index (χ1n) is 7.73. The molecule has 21 heavy (non-hydrogen) atoms. The molecule has 1 aliphatic heterocycles. The van der Waals surface area contributed by atoms with Crippen LogP contribution in [0.15, 0.2) is 48.5 Å². The van der Waals surface area contributed by atoms with Gasteiger partial charge in [-0.25, -0.2) is 0 Å². The third-order valence-corrected chi connectivity index (χ3v) is 4.26. The van der Waals surface area contributed by atoms with Crippen LogP contribution in [-0.2, 0) is 24.0 Å².